The maximum Gasteiger partial charge on any atom is 0.240 e. The number of hydrogen-bond acceptors (Lipinski definition) is 3. The maximum absolute atomic E-state index is 12.9. The zero-order valence-electron chi connectivity index (χ0n) is 8.87. The van der Waals surface area contributed by atoms with Crippen LogP contribution in [0.5, 0.6) is 0 Å². The molecular weight excluding hydrogens is 291 g/mol. The lowest BCUT2D eigenvalue weighted by molar-refractivity contribution is -0.136. The number of benzene rings is 1. The fraction of sp³-hybridized carbons (Fsp3) is 0.273. The fourth-order valence-corrected chi connectivity index (χ4v) is 2.18. The molecule has 1 heterocycles. The van der Waals surface area contributed by atoms with Crippen molar-refractivity contribution in [3.63, 3.8) is 0 Å². The first kappa shape index (κ1) is 12.2. The van der Waals surface area contributed by atoms with Gasteiger partial charge in [-0.25, -0.2) is 4.39 Å². The van der Waals surface area contributed by atoms with Gasteiger partial charge in [0.15, 0.2) is 0 Å². The molecule has 6 heteroatoms. The third-order valence-electron chi connectivity index (χ3n) is 2.42. The lowest BCUT2D eigenvalue weighted by Gasteiger charge is -2.25. The Kier molecular flexibility index (Phi) is 3.54. The van der Waals surface area contributed by atoms with Crippen LogP contribution in [0.4, 0.5) is 4.39 Å². The standard InChI is InChI=1S/C11H10BrFN2O2/c12-9-3-8(13)2-1-7(9)4-15-5-10(16)14-11(17)6-15/h1-3H,4-6H2,(H,14,16,17). The quantitative estimate of drug-likeness (QED) is 0.831. The van der Waals surface area contributed by atoms with E-state index in [-0.39, 0.29) is 30.7 Å². The maximum atomic E-state index is 12.9. The van der Waals surface area contributed by atoms with Gasteiger partial charge in [-0.2, -0.15) is 0 Å². The van der Waals surface area contributed by atoms with Crippen molar-refractivity contribution in [3.05, 3.63) is 34.1 Å². The topological polar surface area (TPSA) is 49.4 Å². The average Bonchev–Trinajstić information content (AvgIpc) is 2.21. The molecular formula is C11H10BrFN2O2. The van der Waals surface area contributed by atoms with Gasteiger partial charge in [-0.15, -0.1) is 0 Å². The molecule has 0 spiro atoms. The molecule has 0 radical (unpaired) electrons. The molecule has 2 rings (SSSR count). The minimum Gasteiger partial charge on any atom is -0.294 e. The highest BCUT2D eigenvalue weighted by molar-refractivity contribution is 9.10. The van der Waals surface area contributed by atoms with E-state index in [1.54, 1.807) is 11.0 Å². The molecule has 0 bridgehead atoms. The van der Waals surface area contributed by atoms with E-state index in [1.807, 2.05) is 0 Å². The SMILES string of the molecule is O=C1CN(Cc2ccc(F)cc2Br)CC(=O)N1. The Bertz CT molecular complexity index is 463. The number of carbonyl (C=O) groups is 2. The third kappa shape index (κ3) is 3.10. The Morgan fingerprint density at radius 1 is 1.29 bits per heavy atom. The van der Waals surface area contributed by atoms with Crippen LogP contribution in [0, 0.1) is 5.82 Å². The van der Waals surface area contributed by atoms with E-state index in [2.05, 4.69) is 21.2 Å². The Hall–Kier alpha value is -1.27. The van der Waals surface area contributed by atoms with Gasteiger partial charge in [0.05, 0.1) is 13.1 Å². The molecule has 90 valence electrons. The van der Waals surface area contributed by atoms with Crippen molar-refractivity contribution in [1.29, 1.82) is 0 Å². The van der Waals surface area contributed by atoms with Crippen molar-refractivity contribution in [1.82, 2.24) is 10.2 Å². The lowest BCUT2D eigenvalue weighted by atomic mass is 10.2. The monoisotopic (exact) mass is 300 g/mol. The first-order valence-electron chi connectivity index (χ1n) is 5.03. The number of hydrogen-bond donors (Lipinski definition) is 1. The van der Waals surface area contributed by atoms with Crippen LogP contribution in [0.25, 0.3) is 0 Å². The number of nitrogens with one attached hydrogen (secondary N) is 1. The zero-order chi connectivity index (χ0) is 12.4. The number of piperazine rings is 1. The first-order chi connectivity index (χ1) is 8.04. The number of amides is 2. The summed E-state index contributed by atoms with van der Waals surface area (Å²) in [5.74, 6) is -0.938. The first-order valence-corrected chi connectivity index (χ1v) is 5.83. The molecule has 17 heavy (non-hydrogen) atoms. The summed E-state index contributed by atoms with van der Waals surface area (Å²) >= 11 is 3.25. The van der Waals surface area contributed by atoms with Gasteiger partial charge in [0.25, 0.3) is 0 Å². The predicted molar refractivity (Wildman–Crippen MR) is 62.5 cm³/mol. The predicted octanol–water partition coefficient (Wildman–Crippen LogP) is 1.05. The fourth-order valence-electron chi connectivity index (χ4n) is 1.70. The second-order valence-corrected chi connectivity index (χ2v) is 4.71. The van der Waals surface area contributed by atoms with Crippen LogP contribution < -0.4 is 5.32 Å². The second kappa shape index (κ2) is 4.93. The summed E-state index contributed by atoms with van der Waals surface area (Å²) in [5, 5.41) is 2.23. The largest absolute Gasteiger partial charge is 0.294 e. The molecule has 0 aliphatic carbocycles. The third-order valence-corrected chi connectivity index (χ3v) is 3.16. The normalized spacial score (nSPS) is 17.1. The van der Waals surface area contributed by atoms with E-state index in [0.717, 1.165) is 5.56 Å². The van der Waals surface area contributed by atoms with Gasteiger partial charge < -0.3 is 0 Å². The van der Waals surface area contributed by atoms with Gasteiger partial charge in [-0.1, -0.05) is 22.0 Å². The van der Waals surface area contributed by atoms with Crippen molar-refractivity contribution in [2.24, 2.45) is 0 Å². The van der Waals surface area contributed by atoms with Gasteiger partial charge in [-0.05, 0) is 17.7 Å². The van der Waals surface area contributed by atoms with Gasteiger partial charge in [0, 0.05) is 11.0 Å². The Morgan fingerprint density at radius 2 is 1.94 bits per heavy atom. The number of carbonyl (C=O) groups excluding carboxylic acids is 2. The van der Waals surface area contributed by atoms with Crippen LogP contribution in [0.15, 0.2) is 22.7 Å². The van der Waals surface area contributed by atoms with Crippen molar-refractivity contribution in [2.45, 2.75) is 6.54 Å². The van der Waals surface area contributed by atoms with Crippen LogP contribution in [0.3, 0.4) is 0 Å². The lowest BCUT2D eigenvalue weighted by Crippen LogP contribution is -2.50. The summed E-state index contributed by atoms with van der Waals surface area (Å²) in [6.07, 6.45) is 0. The van der Waals surface area contributed by atoms with Crippen molar-refractivity contribution < 1.29 is 14.0 Å². The number of imide groups is 1. The van der Waals surface area contributed by atoms with Crippen molar-refractivity contribution in [2.75, 3.05) is 13.1 Å². The van der Waals surface area contributed by atoms with Gasteiger partial charge in [0.1, 0.15) is 5.82 Å². The highest BCUT2D eigenvalue weighted by atomic mass is 79.9. The van der Waals surface area contributed by atoms with Crippen LogP contribution in [0.2, 0.25) is 0 Å². The van der Waals surface area contributed by atoms with E-state index >= 15 is 0 Å². The molecule has 0 atom stereocenters. The van der Waals surface area contributed by atoms with Crippen molar-refractivity contribution >= 4 is 27.7 Å². The minimum absolute atomic E-state index is 0.176. The minimum atomic E-state index is -0.326. The van der Waals surface area contributed by atoms with Gasteiger partial charge in [0.2, 0.25) is 11.8 Å². The Balaban J connectivity index is 2.10. The Labute approximate surface area is 106 Å². The van der Waals surface area contributed by atoms with E-state index < -0.39 is 0 Å². The molecule has 0 saturated carbocycles. The summed E-state index contributed by atoms with van der Waals surface area (Å²) < 4.78 is 13.5. The van der Waals surface area contributed by atoms with Crippen LogP contribution >= 0.6 is 15.9 Å². The number of rotatable bonds is 2. The van der Waals surface area contributed by atoms with Crippen LogP contribution in [-0.2, 0) is 16.1 Å². The molecule has 0 aromatic heterocycles. The molecule has 1 aliphatic rings. The number of nitrogens with zero attached hydrogens (tertiary/aromatic N) is 1. The van der Waals surface area contributed by atoms with E-state index in [1.165, 1.54) is 12.1 Å². The smallest absolute Gasteiger partial charge is 0.240 e. The summed E-state index contributed by atoms with van der Waals surface area (Å²) in [6.45, 7) is 0.783. The summed E-state index contributed by atoms with van der Waals surface area (Å²) in [4.78, 5) is 24.0. The van der Waals surface area contributed by atoms with E-state index in [4.69, 9.17) is 0 Å². The van der Waals surface area contributed by atoms with E-state index in [9.17, 15) is 14.0 Å². The highest BCUT2D eigenvalue weighted by Crippen LogP contribution is 2.19. The molecule has 1 N–H and O–H groups in total. The van der Waals surface area contributed by atoms with Crippen LogP contribution in [0.1, 0.15) is 5.56 Å². The van der Waals surface area contributed by atoms with Gasteiger partial charge >= 0.3 is 0 Å². The van der Waals surface area contributed by atoms with E-state index in [0.29, 0.717) is 11.0 Å². The zero-order valence-corrected chi connectivity index (χ0v) is 10.5. The average molecular weight is 301 g/mol. The molecule has 0 unspecified atom stereocenters. The highest BCUT2D eigenvalue weighted by Gasteiger charge is 2.22. The number of halogens is 2. The summed E-state index contributed by atoms with van der Waals surface area (Å²) in [6, 6.07) is 4.35. The second-order valence-electron chi connectivity index (χ2n) is 3.85. The molecule has 4 nitrogen and oxygen atoms in total. The molecule has 2 amide bonds. The summed E-state index contributed by atoms with van der Waals surface area (Å²) in [5.41, 5.74) is 0.842. The Morgan fingerprint density at radius 3 is 2.53 bits per heavy atom. The van der Waals surface area contributed by atoms with Gasteiger partial charge in [-0.3, -0.25) is 19.8 Å². The molecule has 1 fully saturated rings. The van der Waals surface area contributed by atoms with Crippen molar-refractivity contribution in [3.8, 4) is 0 Å². The molecule has 1 aliphatic heterocycles. The molecule has 1 saturated heterocycles. The molecule has 1 aromatic carbocycles. The molecule has 1 aromatic rings. The van der Waals surface area contributed by atoms with Crippen LogP contribution in [-0.4, -0.2) is 29.8 Å². The summed E-state index contributed by atoms with van der Waals surface area (Å²) in [7, 11) is 0.